The molecule has 0 unspecified atom stereocenters. The van der Waals surface area contributed by atoms with E-state index in [2.05, 4.69) is 20.4 Å². The number of carboxylic acids is 2. The molecule has 2 aromatic carbocycles. The molecule has 2 aliphatic carbocycles. The standard InChI is InChI=1S/2C19H15ClN4O2S/c2*1-9-22-23-15-8-21-17(11-4-2-3-5-13(11)20)16-12-6-10(19(25)26)7-14(12)27-18(16)24(9)15/h2*2-5,10H,6-8H2,1H3,(H,25,26)/t2*10-/m10/s1. The molecule has 0 spiro atoms. The first-order valence-corrected chi connectivity index (χ1v) is 19.6. The monoisotopic (exact) mass is 796 g/mol. The van der Waals surface area contributed by atoms with Gasteiger partial charge in [0.2, 0.25) is 0 Å². The molecule has 2 atom stereocenters. The highest BCUT2D eigenvalue weighted by molar-refractivity contribution is 7.15. The summed E-state index contributed by atoms with van der Waals surface area (Å²) in [5, 5.41) is 39.2. The predicted octanol–water partition coefficient (Wildman–Crippen LogP) is 6.88. The Labute approximate surface area is 326 Å². The predicted molar refractivity (Wildman–Crippen MR) is 207 cm³/mol. The van der Waals surface area contributed by atoms with Gasteiger partial charge in [-0.2, -0.15) is 0 Å². The van der Waals surface area contributed by atoms with Crippen molar-refractivity contribution in [1.29, 1.82) is 0 Å². The van der Waals surface area contributed by atoms with Gasteiger partial charge in [0.15, 0.2) is 11.6 Å². The lowest BCUT2D eigenvalue weighted by molar-refractivity contribution is -0.142. The third-order valence-corrected chi connectivity index (χ3v) is 13.4. The van der Waals surface area contributed by atoms with Gasteiger partial charge in [0.1, 0.15) is 34.7 Å². The van der Waals surface area contributed by atoms with Crippen LogP contribution in [0.2, 0.25) is 10.0 Å². The fourth-order valence-corrected chi connectivity index (χ4v) is 11.1. The Morgan fingerprint density at radius 3 is 1.44 bits per heavy atom. The highest BCUT2D eigenvalue weighted by atomic mass is 35.5. The molecule has 0 saturated heterocycles. The Balaban J connectivity index is 0.000000142. The van der Waals surface area contributed by atoms with Gasteiger partial charge in [-0.05, 0) is 62.8 Å². The van der Waals surface area contributed by atoms with E-state index in [1.165, 1.54) is 0 Å². The molecule has 4 aliphatic rings. The summed E-state index contributed by atoms with van der Waals surface area (Å²) in [6, 6.07) is 15.3. The summed E-state index contributed by atoms with van der Waals surface area (Å²) in [5.41, 5.74) is 7.44. The number of aliphatic imine (C=N–C) groups is 2. The van der Waals surface area contributed by atoms with E-state index in [4.69, 9.17) is 33.2 Å². The number of nitrogens with zero attached hydrogens (tertiary/aromatic N) is 8. The number of aryl methyl sites for hydroxylation is 2. The van der Waals surface area contributed by atoms with E-state index < -0.39 is 11.9 Å². The summed E-state index contributed by atoms with van der Waals surface area (Å²) in [6.07, 6.45) is 2.12. The van der Waals surface area contributed by atoms with Gasteiger partial charge in [0.25, 0.3) is 0 Å². The lowest BCUT2D eigenvalue weighted by Gasteiger charge is -2.12. The first-order chi connectivity index (χ1) is 26.1. The minimum atomic E-state index is -0.752. The topological polar surface area (TPSA) is 161 Å². The number of halogens is 2. The van der Waals surface area contributed by atoms with Crippen LogP contribution in [0.4, 0.5) is 0 Å². The van der Waals surface area contributed by atoms with Gasteiger partial charge in [-0.1, -0.05) is 59.6 Å². The quantitative estimate of drug-likeness (QED) is 0.195. The van der Waals surface area contributed by atoms with Gasteiger partial charge in [-0.25, -0.2) is 0 Å². The zero-order valence-corrected chi connectivity index (χ0v) is 32.0. The molecule has 0 bridgehead atoms. The zero-order chi connectivity index (χ0) is 37.4. The Bertz CT molecular complexity index is 2440. The van der Waals surface area contributed by atoms with Gasteiger partial charge in [0, 0.05) is 42.1 Å². The van der Waals surface area contributed by atoms with Crippen molar-refractivity contribution in [2.75, 3.05) is 0 Å². The van der Waals surface area contributed by atoms with E-state index in [1.54, 1.807) is 22.7 Å². The third-order valence-electron chi connectivity index (χ3n) is 10.3. The van der Waals surface area contributed by atoms with E-state index in [-0.39, 0.29) is 11.8 Å². The lowest BCUT2D eigenvalue weighted by Crippen LogP contribution is -2.15. The number of hydrogen-bond acceptors (Lipinski definition) is 10. The summed E-state index contributed by atoms with van der Waals surface area (Å²) in [7, 11) is 0. The molecule has 0 fully saturated rings. The highest BCUT2D eigenvalue weighted by Crippen LogP contribution is 2.45. The van der Waals surface area contributed by atoms with Crippen molar-refractivity contribution in [3.05, 3.63) is 125 Å². The molecule has 16 heteroatoms. The Hall–Kier alpha value is -5.02. The molecule has 10 rings (SSSR count). The number of benzene rings is 2. The maximum atomic E-state index is 11.5. The fraction of sp³-hybridized carbons (Fsp3) is 0.263. The van der Waals surface area contributed by atoms with Crippen LogP contribution < -0.4 is 0 Å². The number of rotatable bonds is 4. The van der Waals surface area contributed by atoms with Crippen LogP contribution in [0.5, 0.6) is 0 Å². The zero-order valence-electron chi connectivity index (χ0n) is 28.9. The van der Waals surface area contributed by atoms with Crippen LogP contribution >= 0.6 is 45.9 Å². The van der Waals surface area contributed by atoms with Crippen LogP contribution in [0.3, 0.4) is 0 Å². The van der Waals surface area contributed by atoms with Gasteiger partial charge >= 0.3 is 11.9 Å². The van der Waals surface area contributed by atoms with Gasteiger partial charge in [-0.3, -0.25) is 28.7 Å². The molecule has 2 aliphatic heterocycles. The van der Waals surface area contributed by atoms with Crippen molar-refractivity contribution in [2.45, 2.75) is 52.6 Å². The number of fused-ring (bicyclic) bond motifs is 10. The highest BCUT2D eigenvalue weighted by Gasteiger charge is 2.38. The number of aliphatic carboxylic acids is 2. The molecule has 12 nitrogen and oxygen atoms in total. The second-order valence-corrected chi connectivity index (χ2v) is 16.5. The second kappa shape index (κ2) is 13.4. The largest absolute Gasteiger partial charge is 0.481 e. The smallest absolute Gasteiger partial charge is 0.307 e. The summed E-state index contributed by atoms with van der Waals surface area (Å²) in [5.74, 6) is 0.906. The summed E-state index contributed by atoms with van der Waals surface area (Å²) < 4.78 is 4.09. The third kappa shape index (κ3) is 5.62. The molecule has 54 heavy (non-hydrogen) atoms. The van der Waals surface area contributed by atoms with Crippen molar-refractivity contribution in [2.24, 2.45) is 21.8 Å². The number of carbonyl (C=O) groups is 2. The fourth-order valence-electron chi connectivity index (χ4n) is 7.74. The van der Waals surface area contributed by atoms with Crippen LogP contribution in [-0.4, -0.2) is 63.1 Å². The minimum absolute atomic E-state index is 0.381. The SMILES string of the molecule is Cc1nnc2n1-c1sc3c(c1C(c1ccccc1Cl)=NC2)C[C@@H](C(=O)O)C3.Cc1nnc2n1-c1sc3c(c1C(c1ccccc1Cl)=NC2)C[C@H](C(=O)O)C3. The van der Waals surface area contributed by atoms with Gasteiger partial charge in [0.05, 0.1) is 23.3 Å². The average molecular weight is 798 g/mol. The van der Waals surface area contributed by atoms with Crippen molar-refractivity contribution < 1.29 is 19.8 Å². The molecule has 0 radical (unpaired) electrons. The van der Waals surface area contributed by atoms with E-state index in [9.17, 15) is 19.8 Å². The first kappa shape index (κ1) is 34.7. The second-order valence-electron chi connectivity index (χ2n) is 13.5. The van der Waals surface area contributed by atoms with E-state index >= 15 is 0 Å². The van der Waals surface area contributed by atoms with Crippen LogP contribution in [-0.2, 0) is 48.4 Å². The molecule has 6 aromatic rings. The Kier molecular flexibility index (Phi) is 8.60. The van der Waals surface area contributed by atoms with E-state index in [0.717, 1.165) is 87.9 Å². The van der Waals surface area contributed by atoms with Crippen molar-refractivity contribution in [1.82, 2.24) is 29.5 Å². The van der Waals surface area contributed by atoms with Gasteiger partial charge in [-0.15, -0.1) is 43.1 Å². The van der Waals surface area contributed by atoms with E-state index in [0.29, 0.717) is 48.8 Å². The molecule has 0 amide bonds. The summed E-state index contributed by atoms with van der Waals surface area (Å²) in [6.45, 7) is 4.65. The van der Waals surface area contributed by atoms with Crippen LogP contribution in [0.15, 0.2) is 58.5 Å². The minimum Gasteiger partial charge on any atom is -0.481 e. The maximum absolute atomic E-state index is 11.5. The van der Waals surface area contributed by atoms with Crippen molar-refractivity contribution in [3.63, 3.8) is 0 Å². The van der Waals surface area contributed by atoms with E-state index in [1.807, 2.05) is 71.5 Å². The lowest BCUT2D eigenvalue weighted by atomic mass is 9.97. The molecular formula is C38H30Cl2N8O4S2. The first-order valence-electron chi connectivity index (χ1n) is 17.3. The van der Waals surface area contributed by atoms with Gasteiger partial charge < -0.3 is 10.2 Å². The van der Waals surface area contributed by atoms with Crippen molar-refractivity contribution in [3.8, 4) is 10.0 Å². The van der Waals surface area contributed by atoms with Crippen molar-refractivity contribution >= 4 is 69.2 Å². The molecule has 4 aromatic heterocycles. The van der Waals surface area contributed by atoms with Crippen LogP contribution in [0.25, 0.3) is 10.0 Å². The number of hydrogen-bond donors (Lipinski definition) is 2. The Morgan fingerprint density at radius 1 is 0.648 bits per heavy atom. The number of carboxylic acid groups (broad SMARTS) is 2. The van der Waals surface area contributed by atoms with Crippen LogP contribution in [0.1, 0.15) is 66.4 Å². The summed E-state index contributed by atoms with van der Waals surface area (Å²) in [4.78, 5) is 35.0. The molecule has 272 valence electrons. The van der Waals surface area contributed by atoms with Crippen LogP contribution in [0, 0.1) is 25.7 Å². The molecule has 2 N–H and O–H groups in total. The molecule has 6 heterocycles. The normalized spacial score (nSPS) is 17.7. The average Bonchev–Trinajstić information content (AvgIpc) is 3.98. The number of aromatic nitrogens is 6. The molecular weight excluding hydrogens is 768 g/mol. The summed E-state index contributed by atoms with van der Waals surface area (Å²) >= 11 is 16.2. The molecule has 0 saturated carbocycles. The maximum Gasteiger partial charge on any atom is 0.307 e. The Morgan fingerprint density at radius 2 is 1.06 bits per heavy atom. The number of thiophene rings is 2.